The first-order chi connectivity index (χ1) is 6.74. The van der Waals surface area contributed by atoms with Crippen molar-refractivity contribution in [1.82, 2.24) is 0 Å². The van der Waals surface area contributed by atoms with E-state index in [2.05, 4.69) is 39.8 Å². The van der Waals surface area contributed by atoms with Gasteiger partial charge in [-0.1, -0.05) is 41.0 Å². The lowest BCUT2D eigenvalue weighted by Gasteiger charge is -2.09. The highest BCUT2D eigenvalue weighted by molar-refractivity contribution is 9.10. The standard InChI is InChI=1S/C10H12BrN3/c1-3-7-5-6-9(11)8(4-2)10(7)13-14-12/h5-6H,3-4H2,1-2H3. The zero-order valence-corrected chi connectivity index (χ0v) is 9.87. The normalized spacial score (nSPS) is 9.64. The van der Waals surface area contributed by atoms with Crippen molar-refractivity contribution in [2.75, 3.05) is 0 Å². The summed E-state index contributed by atoms with van der Waals surface area (Å²) in [5.41, 5.74) is 11.5. The molecule has 3 nitrogen and oxygen atoms in total. The average molecular weight is 254 g/mol. The van der Waals surface area contributed by atoms with Gasteiger partial charge >= 0.3 is 0 Å². The molecule has 0 saturated heterocycles. The summed E-state index contributed by atoms with van der Waals surface area (Å²) in [6.45, 7) is 4.11. The smallest absolute Gasteiger partial charge is 0.0450 e. The monoisotopic (exact) mass is 253 g/mol. The van der Waals surface area contributed by atoms with E-state index in [9.17, 15) is 0 Å². The van der Waals surface area contributed by atoms with Crippen LogP contribution in [0, 0.1) is 0 Å². The number of nitrogens with zero attached hydrogens (tertiary/aromatic N) is 3. The molecule has 0 bridgehead atoms. The SMILES string of the molecule is CCc1ccc(Br)c(CC)c1N=[N+]=[N-]. The maximum atomic E-state index is 8.49. The quantitative estimate of drug-likeness (QED) is 0.432. The number of halogens is 1. The molecule has 0 aliphatic carbocycles. The Morgan fingerprint density at radius 3 is 2.57 bits per heavy atom. The molecule has 0 unspecified atom stereocenters. The predicted molar refractivity (Wildman–Crippen MR) is 61.7 cm³/mol. The van der Waals surface area contributed by atoms with E-state index < -0.39 is 0 Å². The van der Waals surface area contributed by atoms with Crippen LogP contribution in [0.1, 0.15) is 25.0 Å². The molecule has 0 N–H and O–H groups in total. The Labute approximate surface area is 91.9 Å². The van der Waals surface area contributed by atoms with Crippen LogP contribution in [0.25, 0.3) is 10.4 Å². The van der Waals surface area contributed by atoms with Crippen LogP contribution >= 0.6 is 15.9 Å². The molecule has 0 saturated carbocycles. The van der Waals surface area contributed by atoms with Gasteiger partial charge in [0.15, 0.2) is 0 Å². The van der Waals surface area contributed by atoms with E-state index in [1.807, 2.05) is 12.1 Å². The maximum absolute atomic E-state index is 8.49. The molecule has 0 spiro atoms. The number of benzene rings is 1. The van der Waals surface area contributed by atoms with Gasteiger partial charge in [0.25, 0.3) is 0 Å². The van der Waals surface area contributed by atoms with Crippen molar-refractivity contribution >= 4 is 21.6 Å². The van der Waals surface area contributed by atoms with Gasteiger partial charge in [-0.25, -0.2) is 0 Å². The molecule has 4 heteroatoms. The number of rotatable bonds is 3. The first kappa shape index (κ1) is 11.1. The second kappa shape index (κ2) is 5.03. The summed E-state index contributed by atoms with van der Waals surface area (Å²) >= 11 is 3.46. The van der Waals surface area contributed by atoms with Crippen LogP contribution in [0.2, 0.25) is 0 Å². The summed E-state index contributed by atoms with van der Waals surface area (Å²) in [4.78, 5) is 2.87. The summed E-state index contributed by atoms with van der Waals surface area (Å²) in [5.74, 6) is 0. The van der Waals surface area contributed by atoms with Crippen molar-refractivity contribution in [3.05, 3.63) is 38.2 Å². The highest BCUT2D eigenvalue weighted by Crippen LogP contribution is 2.32. The van der Waals surface area contributed by atoms with Crippen LogP contribution < -0.4 is 0 Å². The van der Waals surface area contributed by atoms with E-state index in [0.29, 0.717) is 0 Å². The van der Waals surface area contributed by atoms with Crippen LogP contribution in [-0.2, 0) is 12.8 Å². The fourth-order valence-corrected chi connectivity index (χ4v) is 2.05. The minimum absolute atomic E-state index is 0.784. The van der Waals surface area contributed by atoms with E-state index in [-0.39, 0.29) is 0 Å². The molecule has 1 rings (SSSR count). The number of azide groups is 1. The van der Waals surface area contributed by atoms with Crippen molar-refractivity contribution in [3.63, 3.8) is 0 Å². The topological polar surface area (TPSA) is 48.8 Å². The molecule has 0 aromatic heterocycles. The van der Waals surface area contributed by atoms with E-state index in [1.54, 1.807) is 0 Å². The molecule has 0 heterocycles. The van der Waals surface area contributed by atoms with Crippen LogP contribution in [0.5, 0.6) is 0 Å². The zero-order chi connectivity index (χ0) is 10.6. The van der Waals surface area contributed by atoms with Crippen molar-refractivity contribution in [2.24, 2.45) is 5.11 Å². The molecular weight excluding hydrogens is 242 g/mol. The van der Waals surface area contributed by atoms with E-state index in [4.69, 9.17) is 5.53 Å². The van der Waals surface area contributed by atoms with Gasteiger partial charge in [0.1, 0.15) is 0 Å². The largest absolute Gasteiger partial charge is 0.0613 e. The van der Waals surface area contributed by atoms with Crippen LogP contribution in [0.4, 0.5) is 5.69 Å². The summed E-state index contributed by atoms with van der Waals surface area (Å²) in [7, 11) is 0. The number of hydrogen-bond acceptors (Lipinski definition) is 1. The van der Waals surface area contributed by atoms with Gasteiger partial charge in [-0.2, -0.15) is 0 Å². The van der Waals surface area contributed by atoms with Gasteiger partial charge in [-0.05, 0) is 35.6 Å². The minimum Gasteiger partial charge on any atom is -0.0613 e. The summed E-state index contributed by atoms with van der Waals surface area (Å²) in [6, 6.07) is 4.00. The van der Waals surface area contributed by atoms with Gasteiger partial charge < -0.3 is 0 Å². The summed E-state index contributed by atoms with van der Waals surface area (Å²) in [5, 5.41) is 3.76. The lowest BCUT2D eigenvalue weighted by atomic mass is 10.0. The third kappa shape index (κ3) is 2.08. The van der Waals surface area contributed by atoms with Gasteiger partial charge in [0, 0.05) is 15.1 Å². The molecule has 14 heavy (non-hydrogen) atoms. The lowest BCUT2D eigenvalue weighted by Crippen LogP contribution is -1.89. The van der Waals surface area contributed by atoms with E-state index in [0.717, 1.165) is 34.1 Å². The molecule has 0 amide bonds. The van der Waals surface area contributed by atoms with Crippen molar-refractivity contribution in [2.45, 2.75) is 26.7 Å². The fourth-order valence-electron chi connectivity index (χ4n) is 1.45. The first-order valence-corrected chi connectivity index (χ1v) is 5.39. The summed E-state index contributed by atoms with van der Waals surface area (Å²) in [6.07, 6.45) is 1.75. The number of hydrogen-bond donors (Lipinski definition) is 0. The van der Waals surface area contributed by atoms with Crippen molar-refractivity contribution in [3.8, 4) is 0 Å². The Kier molecular flexibility index (Phi) is 3.98. The van der Waals surface area contributed by atoms with Crippen LogP contribution in [0.3, 0.4) is 0 Å². The Morgan fingerprint density at radius 2 is 2.07 bits per heavy atom. The molecule has 1 aromatic carbocycles. The van der Waals surface area contributed by atoms with E-state index in [1.165, 1.54) is 0 Å². The van der Waals surface area contributed by atoms with Crippen LogP contribution in [0.15, 0.2) is 21.7 Å². The zero-order valence-electron chi connectivity index (χ0n) is 8.29. The van der Waals surface area contributed by atoms with E-state index >= 15 is 0 Å². The van der Waals surface area contributed by atoms with Crippen molar-refractivity contribution in [1.29, 1.82) is 0 Å². The third-order valence-corrected chi connectivity index (χ3v) is 2.93. The Bertz CT molecular complexity index is 381. The third-order valence-electron chi connectivity index (χ3n) is 2.19. The molecule has 0 atom stereocenters. The van der Waals surface area contributed by atoms with Gasteiger partial charge in [-0.3, -0.25) is 0 Å². The number of aryl methyl sites for hydroxylation is 1. The average Bonchev–Trinajstić information content (AvgIpc) is 2.19. The second-order valence-electron chi connectivity index (χ2n) is 2.93. The Balaban J connectivity index is 3.43. The fraction of sp³-hybridized carbons (Fsp3) is 0.400. The molecule has 1 aromatic rings. The molecule has 0 radical (unpaired) electrons. The lowest BCUT2D eigenvalue weighted by molar-refractivity contribution is 1.07. The summed E-state index contributed by atoms with van der Waals surface area (Å²) < 4.78 is 1.01. The Hall–Kier alpha value is -0.990. The predicted octanol–water partition coefficient (Wildman–Crippen LogP) is 4.52. The van der Waals surface area contributed by atoms with Gasteiger partial charge in [0.2, 0.25) is 0 Å². The molecule has 0 aliphatic rings. The molecule has 74 valence electrons. The highest BCUT2D eigenvalue weighted by Gasteiger charge is 2.07. The van der Waals surface area contributed by atoms with Crippen molar-refractivity contribution < 1.29 is 0 Å². The molecule has 0 aliphatic heterocycles. The Morgan fingerprint density at radius 1 is 1.36 bits per heavy atom. The van der Waals surface area contributed by atoms with Crippen LogP contribution in [-0.4, -0.2) is 0 Å². The molecular formula is C10H12BrN3. The van der Waals surface area contributed by atoms with Gasteiger partial charge in [0.05, 0.1) is 0 Å². The van der Waals surface area contributed by atoms with Gasteiger partial charge in [-0.15, -0.1) is 0 Å². The minimum atomic E-state index is 0.784. The molecule has 0 fully saturated rings. The highest BCUT2D eigenvalue weighted by atomic mass is 79.9. The first-order valence-electron chi connectivity index (χ1n) is 4.59. The maximum Gasteiger partial charge on any atom is 0.0450 e. The second-order valence-corrected chi connectivity index (χ2v) is 3.78.